The van der Waals surface area contributed by atoms with Gasteiger partial charge in [-0.3, -0.25) is 14.4 Å². The first-order chi connectivity index (χ1) is 12.0. The molecule has 2 amide bonds. The molecule has 0 saturated carbocycles. The molecule has 7 nitrogen and oxygen atoms in total. The standard InChI is InChI=1S/C17H21ClN2O5/c1-24-14-4-3-12(18)11-13(14)17(23)20-9-7-19(8-10-20)15(21)5-6-16(22)25-2/h3-4,11H,5-10H2,1-2H3. The van der Waals surface area contributed by atoms with Crippen LogP contribution in [0.15, 0.2) is 18.2 Å². The molecule has 1 heterocycles. The average molecular weight is 369 g/mol. The van der Waals surface area contributed by atoms with Crippen LogP contribution in [-0.4, -0.2) is 68.0 Å². The molecule has 0 atom stereocenters. The molecule has 1 aliphatic rings. The molecule has 0 N–H and O–H groups in total. The molecule has 0 aromatic heterocycles. The van der Waals surface area contributed by atoms with Crippen LogP contribution in [0, 0.1) is 0 Å². The van der Waals surface area contributed by atoms with Crippen LogP contribution < -0.4 is 4.74 Å². The van der Waals surface area contributed by atoms with Crippen LogP contribution >= 0.6 is 11.6 Å². The topological polar surface area (TPSA) is 76.2 Å². The van der Waals surface area contributed by atoms with Crippen LogP contribution in [0.5, 0.6) is 5.75 Å². The van der Waals surface area contributed by atoms with Gasteiger partial charge in [0.2, 0.25) is 5.91 Å². The Kier molecular flexibility index (Phi) is 6.64. The van der Waals surface area contributed by atoms with Crippen LogP contribution in [0.2, 0.25) is 5.02 Å². The maximum absolute atomic E-state index is 12.7. The summed E-state index contributed by atoms with van der Waals surface area (Å²) in [5, 5.41) is 0.459. The maximum atomic E-state index is 12.7. The third-order valence-electron chi connectivity index (χ3n) is 4.08. The highest BCUT2D eigenvalue weighted by Gasteiger charge is 2.26. The van der Waals surface area contributed by atoms with Crippen molar-refractivity contribution in [3.63, 3.8) is 0 Å². The Morgan fingerprint density at radius 1 is 1.04 bits per heavy atom. The lowest BCUT2D eigenvalue weighted by Gasteiger charge is -2.35. The number of hydrogen-bond donors (Lipinski definition) is 0. The molecule has 0 unspecified atom stereocenters. The van der Waals surface area contributed by atoms with Gasteiger partial charge in [-0.05, 0) is 18.2 Å². The Morgan fingerprint density at radius 3 is 2.28 bits per heavy atom. The third kappa shape index (κ3) is 4.85. The molecule has 1 fully saturated rings. The van der Waals surface area contributed by atoms with Gasteiger partial charge in [0.05, 0.1) is 26.2 Å². The van der Waals surface area contributed by atoms with E-state index in [1.807, 2.05) is 0 Å². The average Bonchev–Trinajstić information content (AvgIpc) is 2.65. The van der Waals surface area contributed by atoms with Gasteiger partial charge in [-0.2, -0.15) is 0 Å². The second-order valence-corrected chi connectivity index (χ2v) is 6.03. The van der Waals surface area contributed by atoms with Gasteiger partial charge in [-0.1, -0.05) is 11.6 Å². The van der Waals surface area contributed by atoms with Crippen LogP contribution in [-0.2, 0) is 14.3 Å². The molecule has 1 saturated heterocycles. The summed E-state index contributed by atoms with van der Waals surface area (Å²) in [7, 11) is 2.79. The lowest BCUT2D eigenvalue weighted by Crippen LogP contribution is -2.50. The molecule has 136 valence electrons. The first-order valence-corrected chi connectivity index (χ1v) is 8.31. The number of ether oxygens (including phenoxy) is 2. The second-order valence-electron chi connectivity index (χ2n) is 5.59. The molecular weight excluding hydrogens is 348 g/mol. The van der Waals surface area contributed by atoms with Crippen molar-refractivity contribution in [1.82, 2.24) is 9.80 Å². The number of halogens is 1. The van der Waals surface area contributed by atoms with E-state index in [-0.39, 0.29) is 24.7 Å². The van der Waals surface area contributed by atoms with Crippen molar-refractivity contribution in [1.29, 1.82) is 0 Å². The monoisotopic (exact) mass is 368 g/mol. The predicted molar refractivity (Wildman–Crippen MR) is 91.7 cm³/mol. The number of nitrogens with zero attached hydrogens (tertiary/aromatic N) is 2. The van der Waals surface area contributed by atoms with E-state index in [0.717, 1.165) is 0 Å². The van der Waals surface area contributed by atoms with Crippen molar-refractivity contribution in [2.24, 2.45) is 0 Å². The second kappa shape index (κ2) is 8.71. The zero-order valence-corrected chi connectivity index (χ0v) is 15.0. The summed E-state index contributed by atoms with van der Waals surface area (Å²) in [6.45, 7) is 1.68. The number of hydrogen-bond acceptors (Lipinski definition) is 5. The summed E-state index contributed by atoms with van der Waals surface area (Å²) >= 11 is 5.98. The largest absolute Gasteiger partial charge is 0.496 e. The Bertz CT molecular complexity index is 656. The molecule has 0 spiro atoms. The van der Waals surface area contributed by atoms with Gasteiger partial charge < -0.3 is 19.3 Å². The van der Waals surface area contributed by atoms with Crippen LogP contribution in [0.1, 0.15) is 23.2 Å². The Hall–Kier alpha value is -2.28. The number of carbonyl (C=O) groups is 3. The van der Waals surface area contributed by atoms with E-state index in [1.54, 1.807) is 28.0 Å². The lowest BCUT2D eigenvalue weighted by molar-refractivity contribution is -0.143. The van der Waals surface area contributed by atoms with Crippen molar-refractivity contribution in [3.05, 3.63) is 28.8 Å². The smallest absolute Gasteiger partial charge is 0.306 e. The molecule has 2 rings (SSSR count). The fourth-order valence-electron chi connectivity index (χ4n) is 2.65. The number of benzene rings is 1. The van der Waals surface area contributed by atoms with E-state index < -0.39 is 5.97 Å². The zero-order valence-electron chi connectivity index (χ0n) is 14.3. The summed E-state index contributed by atoms with van der Waals surface area (Å²) in [4.78, 5) is 39.2. The first kappa shape index (κ1) is 19.1. The van der Waals surface area contributed by atoms with Gasteiger partial charge in [-0.25, -0.2) is 0 Å². The SMILES string of the molecule is COC(=O)CCC(=O)N1CCN(C(=O)c2cc(Cl)ccc2OC)CC1. The molecule has 1 aromatic carbocycles. The number of piperazine rings is 1. The minimum Gasteiger partial charge on any atom is -0.496 e. The van der Waals surface area contributed by atoms with Crippen LogP contribution in [0.4, 0.5) is 0 Å². The summed E-state index contributed by atoms with van der Waals surface area (Å²) in [6.07, 6.45) is 0.178. The van der Waals surface area contributed by atoms with Gasteiger partial charge in [0.1, 0.15) is 5.75 Å². The minimum atomic E-state index is -0.407. The van der Waals surface area contributed by atoms with Crippen molar-refractivity contribution >= 4 is 29.4 Å². The number of rotatable bonds is 5. The normalized spacial score (nSPS) is 14.2. The Balaban J connectivity index is 1.93. The van der Waals surface area contributed by atoms with Gasteiger partial charge >= 0.3 is 5.97 Å². The number of esters is 1. The lowest BCUT2D eigenvalue weighted by atomic mass is 10.1. The molecule has 25 heavy (non-hydrogen) atoms. The number of carbonyl (C=O) groups excluding carboxylic acids is 3. The van der Waals surface area contributed by atoms with Crippen molar-refractivity contribution in [2.45, 2.75) is 12.8 Å². The van der Waals surface area contributed by atoms with E-state index in [2.05, 4.69) is 4.74 Å². The van der Waals surface area contributed by atoms with E-state index in [1.165, 1.54) is 14.2 Å². The van der Waals surface area contributed by atoms with Gasteiger partial charge in [0, 0.05) is 37.6 Å². The fraction of sp³-hybridized carbons (Fsp3) is 0.471. The van der Waals surface area contributed by atoms with E-state index >= 15 is 0 Å². The van der Waals surface area contributed by atoms with Crippen molar-refractivity contribution < 1.29 is 23.9 Å². The van der Waals surface area contributed by atoms with E-state index in [0.29, 0.717) is 42.5 Å². The molecule has 0 radical (unpaired) electrons. The van der Waals surface area contributed by atoms with Crippen LogP contribution in [0.25, 0.3) is 0 Å². The van der Waals surface area contributed by atoms with Gasteiger partial charge in [-0.15, -0.1) is 0 Å². The zero-order chi connectivity index (χ0) is 18.4. The highest BCUT2D eigenvalue weighted by Crippen LogP contribution is 2.24. The summed E-state index contributed by atoms with van der Waals surface area (Å²) < 4.78 is 9.75. The fourth-order valence-corrected chi connectivity index (χ4v) is 2.82. The van der Waals surface area contributed by atoms with E-state index in [9.17, 15) is 14.4 Å². The minimum absolute atomic E-state index is 0.0637. The third-order valence-corrected chi connectivity index (χ3v) is 4.32. The summed E-state index contributed by atoms with van der Waals surface area (Å²) in [5.74, 6) is -0.236. The Morgan fingerprint density at radius 2 is 1.68 bits per heavy atom. The van der Waals surface area contributed by atoms with Gasteiger partial charge in [0.15, 0.2) is 0 Å². The molecule has 8 heteroatoms. The highest BCUT2D eigenvalue weighted by molar-refractivity contribution is 6.31. The summed E-state index contributed by atoms with van der Waals surface area (Å²) in [5.41, 5.74) is 0.403. The first-order valence-electron chi connectivity index (χ1n) is 7.93. The van der Waals surface area contributed by atoms with Crippen molar-refractivity contribution in [2.75, 3.05) is 40.4 Å². The number of methoxy groups -OCH3 is 2. The van der Waals surface area contributed by atoms with Gasteiger partial charge in [0.25, 0.3) is 5.91 Å². The molecule has 0 aliphatic carbocycles. The quantitative estimate of drug-likeness (QED) is 0.738. The van der Waals surface area contributed by atoms with Crippen LogP contribution in [0.3, 0.4) is 0 Å². The molecular formula is C17H21ClN2O5. The molecule has 0 bridgehead atoms. The molecule has 1 aliphatic heterocycles. The Labute approximate surface area is 151 Å². The number of amides is 2. The molecule has 1 aromatic rings. The maximum Gasteiger partial charge on any atom is 0.306 e. The highest BCUT2D eigenvalue weighted by atomic mass is 35.5. The van der Waals surface area contributed by atoms with Crippen molar-refractivity contribution in [3.8, 4) is 5.75 Å². The predicted octanol–water partition coefficient (Wildman–Crippen LogP) is 1.59. The van der Waals surface area contributed by atoms with E-state index in [4.69, 9.17) is 16.3 Å². The summed E-state index contributed by atoms with van der Waals surface area (Å²) in [6, 6.07) is 4.90.